The first-order chi connectivity index (χ1) is 11.6. The number of hydrogen-bond donors (Lipinski definition) is 0. The Balaban J connectivity index is 1.88. The van der Waals surface area contributed by atoms with Gasteiger partial charge in [-0.2, -0.15) is 0 Å². The second-order valence-corrected chi connectivity index (χ2v) is 6.16. The maximum Gasteiger partial charge on any atom is 0.329 e. The number of ether oxygens (including phenoxy) is 1. The number of halogens is 1. The molecule has 0 bridgehead atoms. The lowest BCUT2D eigenvalue weighted by Gasteiger charge is -2.08. The Labute approximate surface area is 142 Å². The Bertz CT molecular complexity index is 835. The van der Waals surface area contributed by atoms with Gasteiger partial charge < -0.3 is 4.74 Å². The van der Waals surface area contributed by atoms with Gasteiger partial charge in [-0.05, 0) is 24.6 Å². The summed E-state index contributed by atoms with van der Waals surface area (Å²) in [5.74, 6) is -1.43. The van der Waals surface area contributed by atoms with Crippen LogP contribution in [0.4, 0.5) is 4.39 Å². The van der Waals surface area contributed by atoms with Crippen molar-refractivity contribution in [3.8, 4) is 11.1 Å². The van der Waals surface area contributed by atoms with Crippen molar-refractivity contribution in [2.75, 3.05) is 6.61 Å². The molecule has 4 nitrogen and oxygen atoms in total. The number of hydrogen-bond acceptors (Lipinski definition) is 4. The van der Waals surface area contributed by atoms with Crippen molar-refractivity contribution in [3.63, 3.8) is 0 Å². The minimum atomic E-state index is -0.961. The van der Waals surface area contributed by atoms with Gasteiger partial charge >= 0.3 is 5.97 Å². The highest BCUT2D eigenvalue weighted by Gasteiger charge is 2.36. The summed E-state index contributed by atoms with van der Waals surface area (Å²) in [6, 6.07) is 13.5. The van der Waals surface area contributed by atoms with Crippen molar-refractivity contribution >= 4 is 28.7 Å². The molecule has 1 atom stereocenters. The van der Waals surface area contributed by atoms with E-state index in [1.807, 2.05) is 0 Å². The predicted molar refractivity (Wildman–Crippen MR) is 91.4 cm³/mol. The second-order valence-electron chi connectivity index (χ2n) is 5.07. The van der Waals surface area contributed by atoms with Gasteiger partial charge in [-0.15, -0.1) is 0 Å². The van der Waals surface area contributed by atoms with E-state index in [-0.39, 0.29) is 12.4 Å². The summed E-state index contributed by atoms with van der Waals surface area (Å²) in [7, 11) is 0. The van der Waals surface area contributed by atoms with Gasteiger partial charge in [0.05, 0.1) is 6.61 Å². The van der Waals surface area contributed by atoms with Gasteiger partial charge in [0.15, 0.2) is 5.25 Å². The molecular weight excluding hydrogens is 329 g/mol. The molecule has 0 saturated heterocycles. The van der Waals surface area contributed by atoms with E-state index in [2.05, 4.69) is 4.99 Å². The van der Waals surface area contributed by atoms with Crippen molar-refractivity contribution in [1.29, 1.82) is 0 Å². The lowest BCUT2D eigenvalue weighted by Crippen LogP contribution is -2.25. The summed E-state index contributed by atoms with van der Waals surface area (Å²) in [6.07, 6.45) is 0. The third-order valence-electron chi connectivity index (χ3n) is 3.46. The summed E-state index contributed by atoms with van der Waals surface area (Å²) in [5.41, 5.74) is 1.82. The zero-order valence-corrected chi connectivity index (χ0v) is 13.7. The minimum absolute atomic E-state index is 0.210. The van der Waals surface area contributed by atoms with Gasteiger partial charge in [-0.3, -0.25) is 9.59 Å². The topological polar surface area (TPSA) is 55.7 Å². The SMILES string of the molecule is CCOC(=O)C1SC(c2cccc(-c3ccccc3F)c2)=NC1=O. The smallest absolute Gasteiger partial charge is 0.329 e. The van der Waals surface area contributed by atoms with Gasteiger partial charge in [-0.1, -0.05) is 48.2 Å². The van der Waals surface area contributed by atoms with E-state index in [0.29, 0.717) is 21.7 Å². The normalized spacial score (nSPS) is 16.8. The lowest BCUT2D eigenvalue weighted by molar-refractivity contribution is -0.144. The number of aliphatic imine (C=N–C) groups is 1. The Morgan fingerprint density at radius 3 is 2.71 bits per heavy atom. The fraction of sp³-hybridized carbons (Fsp3) is 0.167. The van der Waals surface area contributed by atoms with Crippen LogP contribution in [0.1, 0.15) is 12.5 Å². The molecule has 0 fully saturated rings. The maximum atomic E-state index is 13.9. The average molecular weight is 343 g/mol. The number of rotatable bonds is 4. The number of nitrogens with zero attached hydrogens (tertiary/aromatic N) is 1. The summed E-state index contributed by atoms with van der Waals surface area (Å²) >= 11 is 1.06. The predicted octanol–water partition coefficient (Wildman–Crippen LogP) is 3.44. The molecule has 2 aromatic carbocycles. The fourth-order valence-corrected chi connectivity index (χ4v) is 3.31. The minimum Gasteiger partial charge on any atom is -0.465 e. The second kappa shape index (κ2) is 6.97. The lowest BCUT2D eigenvalue weighted by atomic mass is 10.0. The molecule has 0 radical (unpaired) electrons. The number of esters is 1. The first-order valence-corrected chi connectivity index (χ1v) is 8.29. The van der Waals surface area contributed by atoms with Crippen molar-refractivity contribution in [2.24, 2.45) is 4.99 Å². The molecule has 1 heterocycles. The van der Waals surface area contributed by atoms with Gasteiger partial charge in [0, 0.05) is 11.1 Å². The molecule has 0 saturated carbocycles. The summed E-state index contributed by atoms with van der Waals surface area (Å²) in [5, 5.41) is -0.520. The standard InChI is InChI=1S/C18H14FNO3S/c1-2-23-18(22)15-16(21)20-17(24-15)12-7-5-6-11(10-12)13-8-3-4-9-14(13)19/h3-10,15H,2H2,1H3. The third kappa shape index (κ3) is 3.23. The molecule has 122 valence electrons. The summed E-state index contributed by atoms with van der Waals surface area (Å²) < 4.78 is 18.8. The number of thioether (sulfide) groups is 1. The zero-order valence-electron chi connectivity index (χ0n) is 12.9. The van der Waals surface area contributed by atoms with Crippen LogP contribution in [0.15, 0.2) is 53.5 Å². The molecule has 2 aromatic rings. The van der Waals surface area contributed by atoms with Crippen molar-refractivity contribution in [3.05, 3.63) is 59.9 Å². The fourth-order valence-electron chi connectivity index (χ4n) is 2.36. The molecule has 1 aliphatic rings. The molecular formula is C18H14FNO3S. The quantitative estimate of drug-likeness (QED) is 0.630. The van der Waals surface area contributed by atoms with Crippen LogP contribution in [-0.2, 0) is 14.3 Å². The number of amides is 1. The number of benzene rings is 2. The Morgan fingerprint density at radius 2 is 1.96 bits per heavy atom. The molecule has 24 heavy (non-hydrogen) atoms. The molecule has 0 spiro atoms. The maximum absolute atomic E-state index is 13.9. The van der Waals surface area contributed by atoms with Crippen LogP contribution in [0.5, 0.6) is 0 Å². The molecule has 1 amide bonds. The number of carbonyl (C=O) groups is 2. The van der Waals surface area contributed by atoms with E-state index in [1.54, 1.807) is 49.4 Å². The Hall–Kier alpha value is -2.47. The van der Waals surface area contributed by atoms with Crippen molar-refractivity contribution < 1.29 is 18.7 Å². The van der Waals surface area contributed by atoms with E-state index in [9.17, 15) is 14.0 Å². The molecule has 0 aliphatic carbocycles. The van der Waals surface area contributed by atoms with Gasteiger partial charge in [-0.25, -0.2) is 9.38 Å². The van der Waals surface area contributed by atoms with Crippen LogP contribution in [0, 0.1) is 5.82 Å². The van der Waals surface area contributed by atoms with E-state index in [1.165, 1.54) is 6.07 Å². The van der Waals surface area contributed by atoms with Gasteiger partial charge in [0.25, 0.3) is 5.91 Å². The summed E-state index contributed by atoms with van der Waals surface area (Å²) in [6.45, 7) is 1.89. The highest BCUT2D eigenvalue weighted by Crippen LogP contribution is 2.30. The first kappa shape index (κ1) is 16.4. The van der Waals surface area contributed by atoms with Gasteiger partial charge in [0.2, 0.25) is 0 Å². The highest BCUT2D eigenvalue weighted by molar-refractivity contribution is 8.16. The molecule has 6 heteroatoms. The Kier molecular flexibility index (Phi) is 4.76. The van der Waals surface area contributed by atoms with Crippen LogP contribution < -0.4 is 0 Å². The van der Waals surface area contributed by atoms with E-state index in [4.69, 9.17) is 4.74 Å². The van der Waals surface area contributed by atoms with Gasteiger partial charge in [0.1, 0.15) is 10.9 Å². The molecule has 1 unspecified atom stereocenters. The largest absolute Gasteiger partial charge is 0.465 e. The van der Waals surface area contributed by atoms with E-state index < -0.39 is 17.1 Å². The van der Waals surface area contributed by atoms with Crippen LogP contribution in [0.3, 0.4) is 0 Å². The molecule has 1 aliphatic heterocycles. The van der Waals surface area contributed by atoms with Crippen LogP contribution in [0.25, 0.3) is 11.1 Å². The monoisotopic (exact) mass is 343 g/mol. The molecule has 0 N–H and O–H groups in total. The van der Waals surface area contributed by atoms with Crippen molar-refractivity contribution in [2.45, 2.75) is 12.2 Å². The highest BCUT2D eigenvalue weighted by atomic mass is 32.2. The van der Waals surface area contributed by atoms with E-state index >= 15 is 0 Å². The number of carbonyl (C=O) groups excluding carboxylic acids is 2. The Morgan fingerprint density at radius 1 is 1.21 bits per heavy atom. The van der Waals surface area contributed by atoms with Crippen molar-refractivity contribution in [1.82, 2.24) is 0 Å². The molecule has 0 aromatic heterocycles. The third-order valence-corrected chi connectivity index (χ3v) is 4.64. The van der Waals surface area contributed by atoms with Crippen LogP contribution in [-0.4, -0.2) is 28.8 Å². The van der Waals surface area contributed by atoms with Crippen LogP contribution >= 0.6 is 11.8 Å². The summed E-state index contributed by atoms with van der Waals surface area (Å²) in [4.78, 5) is 27.6. The zero-order chi connectivity index (χ0) is 17.1. The van der Waals surface area contributed by atoms with Crippen LogP contribution in [0.2, 0.25) is 0 Å². The first-order valence-electron chi connectivity index (χ1n) is 7.41. The average Bonchev–Trinajstić information content (AvgIpc) is 2.98. The molecule has 3 rings (SSSR count). The van der Waals surface area contributed by atoms with E-state index in [0.717, 1.165) is 11.8 Å².